The summed E-state index contributed by atoms with van der Waals surface area (Å²) in [6.07, 6.45) is -1.58. The molecule has 2 heterocycles. The van der Waals surface area contributed by atoms with Gasteiger partial charge < -0.3 is 5.73 Å². The first-order chi connectivity index (χ1) is 8.43. The molecule has 18 heavy (non-hydrogen) atoms. The Bertz CT molecular complexity index is 561. The van der Waals surface area contributed by atoms with E-state index in [1.165, 1.54) is 12.5 Å². The maximum atomic E-state index is 12.4. The number of hydrogen-bond donors (Lipinski definition) is 1. The smallest absolute Gasteiger partial charge is 0.383 e. The van der Waals surface area contributed by atoms with Crippen molar-refractivity contribution in [3.05, 3.63) is 29.8 Å². The molecule has 96 valence electrons. The first-order valence-corrected chi connectivity index (χ1v) is 5.16. The fraction of sp³-hybridized carbons (Fsp3) is 0.300. The predicted octanol–water partition coefficient (Wildman–Crippen LogP) is 1.83. The second kappa shape index (κ2) is 4.28. The lowest BCUT2D eigenvalue weighted by molar-refractivity contribution is -0.141. The summed E-state index contributed by atoms with van der Waals surface area (Å²) in [5.74, 6) is 0.507. The summed E-state index contributed by atoms with van der Waals surface area (Å²) in [5.41, 5.74) is 5.24. The average Bonchev–Trinajstić information content (AvgIpc) is 2.77. The molecule has 5 nitrogen and oxygen atoms in total. The van der Waals surface area contributed by atoms with Crippen LogP contribution in [0.4, 0.5) is 19.0 Å². The molecule has 0 fully saturated rings. The molecule has 0 radical (unpaired) electrons. The van der Waals surface area contributed by atoms with Crippen molar-refractivity contribution in [1.82, 2.24) is 19.7 Å². The normalized spacial score (nSPS) is 11.8. The summed E-state index contributed by atoms with van der Waals surface area (Å²) >= 11 is 0. The summed E-state index contributed by atoms with van der Waals surface area (Å²) in [7, 11) is 0. The van der Waals surface area contributed by atoms with Crippen molar-refractivity contribution in [2.24, 2.45) is 0 Å². The van der Waals surface area contributed by atoms with E-state index < -0.39 is 11.9 Å². The molecule has 2 rings (SSSR count). The number of nitrogen functional groups attached to an aromatic ring is 1. The van der Waals surface area contributed by atoms with E-state index in [1.54, 1.807) is 0 Å². The van der Waals surface area contributed by atoms with E-state index >= 15 is 0 Å². The quantitative estimate of drug-likeness (QED) is 0.891. The Kier molecular flexibility index (Phi) is 2.93. The first kappa shape index (κ1) is 12.3. The van der Waals surface area contributed by atoms with Crippen LogP contribution in [0.3, 0.4) is 0 Å². The zero-order valence-corrected chi connectivity index (χ0v) is 9.44. The molecule has 0 aliphatic rings. The van der Waals surface area contributed by atoms with Crippen LogP contribution in [0.2, 0.25) is 0 Å². The number of hydrogen-bond acceptors (Lipinski definition) is 4. The molecule has 0 saturated heterocycles. The van der Waals surface area contributed by atoms with Gasteiger partial charge in [-0.15, -0.1) is 0 Å². The van der Waals surface area contributed by atoms with Gasteiger partial charge in [-0.05, 0) is 12.5 Å². The van der Waals surface area contributed by atoms with Crippen LogP contribution < -0.4 is 5.73 Å². The molecule has 0 aliphatic heterocycles. The van der Waals surface area contributed by atoms with Crippen LogP contribution in [0.1, 0.15) is 18.2 Å². The number of alkyl halides is 3. The first-order valence-electron chi connectivity index (χ1n) is 5.16. The highest BCUT2D eigenvalue weighted by Gasteiger charge is 2.33. The molecule has 8 heteroatoms. The number of nitrogens with zero attached hydrogens (tertiary/aromatic N) is 4. The Morgan fingerprint density at radius 3 is 2.61 bits per heavy atom. The van der Waals surface area contributed by atoms with Crippen LogP contribution in [0.5, 0.6) is 0 Å². The molecule has 0 amide bonds. The van der Waals surface area contributed by atoms with Gasteiger partial charge >= 0.3 is 6.18 Å². The number of rotatable bonds is 2. The van der Waals surface area contributed by atoms with Crippen molar-refractivity contribution in [2.45, 2.75) is 19.5 Å². The minimum Gasteiger partial charge on any atom is -0.383 e. The van der Waals surface area contributed by atoms with Crippen molar-refractivity contribution in [3.63, 3.8) is 0 Å². The van der Waals surface area contributed by atoms with Gasteiger partial charge in [0.25, 0.3) is 0 Å². The molecule has 2 aromatic heterocycles. The highest BCUT2D eigenvalue weighted by atomic mass is 19.4. The van der Waals surface area contributed by atoms with Gasteiger partial charge in [-0.3, -0.25) is 0 Å². The summed E-state index contributed by atoms with van der Waals surface area (Å²) in [6.45, 7) is 1.81. The highest BCUT2D eigenvalue weighted by Crippen LogP contribution is 2.28. The van der Waals surface area contributed by atoms with Crippen LogP contribution >= 0.6 is 0 Å². The van der Waals surface area contributed by atoms with Crippen LogP contribution in [-0.4, -0.2) is 19.7 Å². The lowest BCUT2D eigenvalue weighted by Crippen LogP contribution is -2.10. The van der Waals surface area contributed by atoms with Crippen molar-refractivity contribution in [3.8, 4) is 5.82 Å². The van der Waals surface area contributed by atoms with E-state index in [4.69, 9.17) is 5.73 Å². The van der Waals surface area contributed by atoms with E-state index in [0.29, 0.717) is 12.0 Å². The van der Waals surface area contributed by atoms with E-state index in [2.05, 4.69) is 15.1 Å². The third-order valence-electron chi connectivity index (χ3n) is 2.41. The van der Waals surface area contributed by atoms with Crippen molar-refractivity contribution < 1.29 is 13.2 Å². The second-order valence-corrected chi connectivity index (χ2v) is 3.56. The number of anilines is 1. The molecule has 0 spiro atoms. The predicted molar refractivity (Wildman–Crippen MR) is 57.9 cm³/mol. The lowest BCUT2D eigenvalue weighted by atomic mass is 10.2. The van der Waals surface area contributed by atoms with Gasteiger partial charge in [0.05, 0.1) is 0 Å². The van der Waals surface area contributed by atoms with Crippen LogP contribution in [0.15, 0.2) is 18.6 Å². The van der Waals surface area contributed by atoms with Gasteiger partial charge in [0.2, 0.25) is 0 Å². The zero-order chi connectivity index (χ0) is 13.3. The summed E-state index contributed by atoms with van der Waals surface area (Å²) in [5, 5.41) is 3.45. The molecular weight excluding hydrogens is 247 g/mol. The number of aromatic nitrogens is 4. The molecule has 0 saturated carbocycles. The summed E-state index contributed by atoms with van der Waals surface area (Å²) in [4.78, 5) is 7.71. The monoisotopic (exact) mass is 257 g/mol. The Labute approximate surface area is 100 Å². The Hall–Kier alpha value is -2.12. The standard InChI is InChI=1S/C10H10F3N5/c1-2-6-8(14)15-5-16-9(6)18-4-3-7(17-18)10(11,12)13/h3-5H,2H2,1H3,(H2,14,15,16). The maximum absolute atomic E-state index is 12.4. The third-order valence-corrected chi connectivity index (χ3v) is 2.41. The topological polar surface area (TPSA) is 69.6 Å². The summed E-state index contributed by atoms with van der Waals surface area (Å²) < 4.78 is 38.4. The average molecular weight is 257 g/mol. The Morgan fingerprint density at radius 1 is 1.33 bits per heavy atom. The minimum atomic E-state index is -4.48. The molecular formula is C10H10F3N5. The molecule has 0 aliphatic carbocycles. The SMILES string of the molecule is CCc1c(N)ncnc1-n1ccc(C(F)(F)F)n1. The fourth-order valence-corrected chi connectivity index (χ4v) is 1.55. The Balaban J connectivity index is 2.50. The van der Waals surface area contributed by atoms with Gasteiger partial charge in [0.15, 0.2) is 11.5 Å². The number of halogens is 3. The second-order valence-electron chi connectivity index (χ2n) is 3.56. The van der Waals surface area contributed by atoms with Gasteiger partial charge in [-0.25, -0.2) is 14.6 Å². The number of nitrogens with two attached hydrogens (primary N) is 1. The lowest BCUT2D eigenvalue weighted by Gasteiger charge is -2.08. The molecule has 0 bridgehead atoms. The molecule has 0 unspecified atom stereocenters. The molecule has 2 aromatic rings. The van der Waals surface area contributed by atoms with E-state index in [0.717, 1.165) is 10.7 Å². The van der Waals surface area contributed by atoms with Crippen LogP contribution in [0, 0.1) is 0 Å². The van der Waals surface area contributed by atoms with E-state index in [-0.39, 0.29) is 11.6 Å². The van der Waals surface area contributed by atoms with Gasteiger partial charge in [0, 0.05) is 11.8 Å². The van der Waals surface area contributed by atoms with Crippen LogP contribution in [-0.2, 0) is 12.6 Å². The fourth-order valence-electron chi connectivity index (χ4n) is 1.55. The minimum absolute atomic E-state index is 0.242. The van der Waals surface area contributed by atoms with Crippen molar-refractivity contribution in [2.75, 3.05) is 5.73 Å². The highest BCUT2D eigenvalue weighted by molar-refractivity contribution is 5.48. The van der Waals surface area contributed by atoms with Gasteiger partial charge in [-0.1, -0.05) is 6.92 Å². The van der Waals surface area contributed by atoms with Crippen molar-refractivity contribution in [1.29, 1.82) is 0 Å². The summed E-state index contributed by atoms with van der Waals surface area (Å²) in [6, 6.07) is 0.887. The molecule has 0 atom stereocenters. The van der Waals surface area contributed by atoms with E-state index in [9.17, 15) is 13.2 Å². The maximum Gasteiger partial charge on any atom is 0.435 e. The molecule has 2 N–H and O–H groups in total. The van der Waals surface area contributed by atoms with Gasteiger partial charge in [-0.2, -0.15) is 18.3 Å². The third kappa shape index (κ3) is 2.13. The molecule has 0 aromatic carbocycles. The van der Waals surface area contributed by atoms with Crippen molar-refractivity contribution >= 4 is 5.82 Å². The largest absolute Gasteiger partial charge is 0.435 e. The van der Waals surface area contributed by atoms with Gasteiger partial charge in [0.1, 0.15) is 12.1 Å². The zero-order valence-electron chi connectivity index (χ0n) is 9.44. The Morgan fingerprint density at radius 2 is 2.06 bits per heavy atom. The van der Waals surface area contributed by atoms with E-state index in [1.807, 2.05) is 6.92 Å². The van der Waals surface area contributed by atoms with Crippen LogP contribution in [0.25, 0.3) is 5.82 Å².